The molecule has 1 unspecified atom stereocenters. The molecule has 1 aromatic rings. The first-order chi connectivity index (χ1) is 8.09. The maximum Gasteiger partial charge on any atom is 0.124 e. The highest BCUT2D eigenvalue weighted by Gasteiger charge is 2.26. The number of nitrogen functional groups attached to an aromatic ring is 1. The van der Waals surface area contributed by atoms with Crippen molar-refractivity contribution in [3.05, 3.63) is 29.8 Å². The predicted molar refractivity (Wildman–Crippen MR) is 72.6 cm³/mol. The lowest BCUT2D eigenvalue weighted by Crippen LogP contribution is -2.24. The summed E-state index contributed by atoms with van der Waals surface area (Å²) < 4.78 is 0. The van der Waals surface area contributed by atoms with E-state index in [9.17, 15) is 0 Å². The van der Waals surface area contributed by atoms with Crippen LogP contribution in [0.3, 0.4) is 0 Å². The number of hydrogen-bond acceptors (Lipinski definition) is 2. The zero-order valence-electron chi connectivity index (χ0n) is 10.6. The van der Waals surface area contributed by atoms with Crippen molar-refractivity contribution >= 4 is 11.5 Å². The fourth-order valence-corrected chi connectivity index (χ4v) is 2.53. The van der Waals surface area contributed by atoms with Crippen LogP contribution < -0.4 is 10.6 Å². The van der Waals surface area contributed by atoms with Crippen molar-refractivity contribution < 1.29 is 0 Å². The van der Waals surface area contributed by atoms with Crippen LogP contribution in [0.1, 0.15) is 25.8 Å². The van der Waals surface area contributed by atoms with Gasteiger partial charge in [0.1, 0.15) is 5.84 Å². The Balaban J connectivity index is 2.21. The zero-order valence-corrected chi connectivity index (χ0v) is 10.6. The van der Waals surface area contributed by atoms with Crippen molar-refractivity contribution in [1.29, 1.82) is 5.41 Å². The normalized spacial score (nSPS) is 19.9. The molecule has 1 heterocycles. The second-order valence-electron chi connectivity index (χ2n) is 5.17. The molecule has 2 rings (SSSR count). The number of benzene rings is 1. The fraction of sp³-hybridized carbons (Fsp3) is 0.500. The second kappa shape index (κ2) is 4.78. The van der Waals surface area contributed by atoms with Crippen molar-refractivity contribution in [2.45, 2.75) is 20.3 Å². The quantitative estimate of drug-likeness (QED) is 0.620. The average molecular weight is 231 g/mol. The summed E-state index contributed by atoms with van der Waals surface area (Å²) in [5, 5.41) is 7.63. The van der Waals surface area contributed by atoms with Gasteiger partial charge in [-0.2, -0.15) is 0 Å². The summed E-state index contributed by atoms with van der Waals surface area (Å²) in [4.78, 5) is 2.36. The van der Waals surface area contributed by atoms with Crippen molar-refractivity contribution in [3.8, 4) is 0 Å². The van der Waals surface area contributed by atoms with Crippen LogP contribution in [-0.4, -0.2) is 18.9 Å². The second-order valence-corrected chi connectivity index (χ2v) is 5.17. The van der Waals surface area contributed by atoms with E-state index < -0.39 is 0 Å². The van der Waals surface area contributed by atoms with E-state index in [2.05, 4.69) is 24.8 Å². The van der Waals surface area contributed by atoms with Gasteiger partial charge in [0.05, 0.1) is 0 Å². The van der Waals surface area contributed by atoms with Crippen molar-refractivity contribution in [2.24, 2.45) is 17.6 Å². The lowest BCUT2D eigenvalue weighted by atomic mass is 9.95. The van der Waals surface area contributed by atoms with Crippen LogP contribution in [0.15, 0.2) is 24.3 Å². The third kappa shape index (κ3) is 2.43. The standard InChI is InChI=1S/C14H21N3/c1-10(2)11-7-8-17(9-11)13-6-4-3-5-12(13)14(15)16/h3-6,10-11H,7-9H2,1-2H3,(H3,15,16). The minimum Gasteiger partial charge on any atom is -0.384 e. The molecule has 1 atom stereocenters. The summed E-state index contributed by atoms with van der Waals surface area (Å²) in [6.45, 7) is 6.73. The molecule has 0 radical (unpaired) electrons. The number of anilines is 1. The van der Waals surface area contributed by atoms with Gasteiger partial charge in [-0.3, -0.25) is 5.41 Å². The molecule has 1 aliphatic heterocycles. The predicted octanol–water partition coefficient (Wildman–Crippen LogP) is 2.45. The Kier molecular flexibility index (Phi) is 3.36. The molecule has 92 valence electrons. The Labute approximate surface area is 103 Å². The molecule has 3 nitrogen and oxygen atoms in total. The van der Waals surface area contributed by atoms with Gasteiger partial charge < -0.3 is 10.6 Å². The first-order valence-electron chi connectivity index (χ1n) is 6.28. The van der Waals surface area contributed by atoms with Gasteiger partial charge in [-0.05, 0) is 30.4 Å². The smallest absolute Gasteiger partial charge is 0.124 e. The van der Waals surface area contributed by atoms with Gasteiger partial charge in [-0.25, -0.2) is 0 Å². The van der Waals surface area contributed by atoms with Gasteiger partial charge in [-0.15, -0.1) is 0 Å². The molecule has 0 bridgehead atoms. The van der Waals surface area contributed by atoms with Crippen LogP contribution in [0.25, 0.3) is 0 Å². The minimum absolute atomic E-state index is 0.161. The highest BCUT2D eigenvalue weighted by molar-refractivity contribution is 6.00. The number of amidine groups is 1. The number of para-hydroxylation sites is 1. The van der Waals surface area contributed by atoms with Crippen LogP contribution in [0.2, 0.25) is 0 Å². The van der Waals surface area contributed by atoms with Crippen LogP contribution in [0.5, 0.6) is 0 Å². The maximum atomic E-state index is 7.63. The average Bonchev–Trinajstić information content (AvgIpc) is 2.78. The molecular formula is C14H21N3. The summed E-state index contributed by atoms with van der Waals surface area (Å²) in [7, 11) is 0. The number of rotatable bonds is 3. The van der Waals surface area contributed by atoms with Crippen molar-refractivity contribution in [2.75, 3.05) is 18.0 Å². The Bertz CT molecular complexity index is 412. The molecule has 3 N–H and O–H groups in total. The Hall–Kier alpha value is -1.51. The summed E-state index contributed by atoms with van der Waals surface area (Å²) >= 11 is 0. The molecule has 1 saturated heterocycles. The molecule has 1 aliphatic rings. The zero-order chi connectivity index (χ0) is 12.4. The van der Waals surface area contributed by atoms with Crippen LogP contribution in [0, 0.1) is 17.2 Å². The minimum atomic E-state index is 0.161. The van der Waals surface area contributed by atoms with E-state index in [1.807, 2.05) is 18.2 Å². The molecule has 0 amide bonds. The third-order valence-corrected chi connectivity index (χ3v) is 3.70. The molecule has 0 saturated carbocycles. The van der Waals surface area contributed by atoms with E-state index in [4.69, 9.17) is 11.1 Å². The summed E-state index contributed by atoms with van der Waals surface area (Å²) in [6.07, 6.45) is 1.24. The highest BCUT2D eigenvalue weighted by atomic mass is 15.2. The van der Waals surface area contributed by atoms with E-state index in [0.717, 1.165) is 36.2 Å². The van der Waals surface area contributed by atoms with E-state index >= 15 is 0 Å². The topological polar surface area (TPSA) is 53.1 Å². The number of nitrogens with one attached hydrogen (secondary N) is 1. The van der Waals surface area contributed by atoms with Gasteiger partial charge >= 0.3 is 0 Å². The molecular weight excluding hydrogens is 210 g/mol. The number of nitrogens with zero attached hydrogens (tertiary/aromatic N) is 1. The van der Waals surface area contributed by atoms with Gasteiger partial charge in [-0.1, -0.05) is 26.0 Å². The largest absolute Gasteiger partial charge is 0.384 e. The van der Waals surface area contributed by atoms with E-state index in [-0.39, 0.29) is 5.84 Å². The molecule has 0 aromatic heterocycles. The number of nitrogens with two attached hydrogens (primary N) is 1. The Morgan fingerprint density at radius 1 is 1.41 bits per heavy atom. The van der Waals surface area contributed by atoms with Gasteiger partial charge in [0.15, 0.2) is 0 Å². The lowest BCUT2D eigenvalue weighted by Gasteiger charge is -2.22. The molecule has 0 spiro atoms. The Morgan fingerprint density at radius 3 is 2.71 bits per heavy atom. The van der Waals surface area contributed by atoms with Crippen LogP contribution in [-0.2, 0) is 0 Å². The summed E-state index contributed by atoms with van der Waals surface area (Å²) in [5.74, 6) is 1.65. The van der Waals surface area contributed by atoms with Gasteiger partial charge in [0, 0.05) is 24.3 Å². The number of hydrogen-bond donors (Lipinski definition) is 2. The fourth-order valence-electron chi connectivity index (χ4n) is 2.53. The Morgan fingerprint density at radius 2 is 2.12 bits per heavy atom. The van der Waals surface area contributed by atoms with E-state index in [1.165, 1.54) is 6.42 Å². The van der Waals surface area contributed by atoms with Crippen LogP contribution >= 0.6 is 0 Å². The monoisotopic (exact) mass is 231 g/mol. The van der Waals surface area contributed by atoms with E-state index in [0.29, 0.717) is 0 Å². The molecule has 17 heavy (non-hydrogen) atoms. The summed E-state index contributed by atoms with van der Waals surface area (Å²) in [5.41, 5.74) is 7.61. The van der Waals surface area contributed by atoms with Crippen molar-refractivity contribution in [3.63, 3.8) is 0 Å². The van der Waals surface area contributed by atoms with E-state index in [1.54, 1.807) is 0 Å². The first kappa shape index (κ1) is 12.0. The van der Waals surface area contributed by atoms with Crippen LogP contribution in [0.4, 0.5) is 5.69 Å². The van der Waals surface area contributed by atoms with Gasteiger partial charge in [0.25, 0.3) is 0 Å². The molecule has 3 heteroatoms. The summed E-state index contributed by atoms with van der Waals surface area (Å²) in [6, 6.07) is 7.96. The first-order valence-corrected chi connectivity index (χ1v) is 6.28. The molecule has 0 aliphatic carbocycles. The van der Waals surface area contributed by atoms with Gasteiger partial charge in [0.2, 0.25) is 0 Å². The lowest BCUT2D eigenvalue weighted by molar-refractivity contribution is 0.423. The molecule has 1 aromatic carbocycles. The SMILES string of the molecule is CC(C)C1CCN(c2ccccc2C(=N)N)C1. The van der Waals surface area contributed by atoms with Crippen molar-refractivity contribution in [1.82, 2.24) is 0 Å². The highest BCUT2D eigenvalue weighted by Crippen LogP contribution is 2.30. The molecule has 1 fully saturated rings. The maximum absolute atomic E-state index is 7.63. The third-order valence-electron chi connectivity index (χ3n) is 3.70.